The number of hydrogen-bond donors (Lipinski definition) is 1. The number of rotatable bonds is 3. The van der Waals surface area contributed by atoms with Crippen LogP contribution >= 0.6 is 0 Å². The van der Waals surface area contributed by atoms with E-state index in [-0.39, 0.29) is 0 Å². The molecule has 1 aromatic carbocycles. The van der Waals surface area contributed by atoms with Gasteiger partial charge in [0.25, 0.3) is 0 Å². The predicted octanol–water partition coefficient (Wildman–Crippen LogP) is 2.54. The van der Waals surface area contributed by atoms with Crippen LogP contribution in [-0.4, -0.2) is 12.3 Å². The van der Waals surface area contributed by atoms with Crippen LogP contribution in [0.5, 0.6) is 5.75 Å². The SMILES string of the molecule is COc1ccc(-c2cc(C(C)(C)N)on2)cc1. The molecule has 4 nitrogen and oxygen atoms in total. The van der Waals surface area contributed by atoms with Crippen LogP contribution in [0.4, 0.5) is 0 Å². The molecule has 0 saturated carbocycles. The van der Waals surface area contributed by atoms with Crippen molar-refractivity contribution in [3.8, 4) is 17.0 Å². The maximum absolute atomic E-state index is 5.94. The zero-order chi connectivity index (χ0) is 12.5. The average Bonchev–Trinajstić information content (AvgIpc) is 2.78. The van der Waals surface area contributed by atoms with Gasteiger partial charge in [0.2, 0.25) is 0 Å². The van der Waals surface area contributed by atoms with Crippen molar-refractivity contribution in [2.24, 2.45) is 5.73 Å². The molecule has 2 aromatic rings. The Morgan fingerprint density at radius 1 is 1.24 bits per heavy atom. The molecule has 0 atom stereocenters. The molecule has 0 fully saturated rings. The molecule has 0 aliphatic carbocycles. The molecule has 0 amide bonds. The molecule has 0 spiro atoms. The van der Waals surface area contributed by atoms with Gasteiger partial charge in [-0.1, -0.05) is 5.16 Å². The first-order chi connectivity index (χ1) is 8.00. The number of benzene rings is 1. The Morgan fingerprint density at radius 3 is 2.35 bits per heavy atom. The minimum absolute atomic E-state index is 0.516. The number of nitrogens with zero attached hydrogens (tertiary/aromatic N) is 1. The molecule has 1 heterocycles. The summed E-state index contributed by atoms with van der Waals surface area (Å²) in [7, 11) is 1.64. The first-order valence-corrected chi connectivity index (χ1v) is 5.41. The van der Waals surface area contributed by atoms with E-state index in [9.17, 15) is 0 Å². The van der Waals surface area contributed by atoms with Crippen LogP contribution in [0.2, 0.25) is 0 Å². The minimum Gasteiger partial charge on any atom is -0.497 e. The highest BCUT2D eigenvalue weighted by atomic mass is 16.5. The van der Waals surface area contributed by atoms with Gasteiger partial charge in [-0.2, -0.15) is 0 Å². The molecule has 0 radical (unpaired) electrons. The summed E-state index contributed by atoms with van der Waals surface area (Å²) in [5.74, 6) is 1.49. The van der Waals surface area contributed by atoms with Crippen molar-refractivity contribution < 1.29 is 9.26 Å². The molecule has 90 valence electrons. The van der Waals surface area contributed by atoms with Crippen LogP contribution in [0.15, 0.2) is 34.9 Å². The first-order valence-electron chi connectivity index (χ1n) is 5.41. The normalized spacial score (nSPS) is 11.5. The molecular formula is C13H16N2O2. The predicted molar refractivity (Wildman–Crippen MR) is 65.7 cm³/mol. The topological polar surface area (TPSA) is 61.3 Å². The third-order valence-electron chi connectivity index (χ3n) is 2.53. The van der Waals surface area contributed by atoms with E-state index in [0.717, 1.165) is 17.0 Å². The monoisotopic (exact) mass is 232 g/mol. The van der Waals surface area contributed by atoms with Crippen molar-refractivity contribution in [3.63, 3.8) is 0 Å². The maximum Gasteiger partial charge on any atom is 0.156 e. The molecule has 2 N–H and O–H groups in total. The summed E-state index contributed by atoms with van der Waals surface area (Å²) < 4.78 is 10.3. The Hall–Kier alpha value is -1.81. The molecule has 4 heteroatoms. The summed E-state index contributed by atoms with van der Waals surface area (Å²) in [6, 6.07) is 9.50. The molecule has 0 saturated heterocycles. The summed E-state index contributed by atoms with van der Waals surface area (Å²) >= 11 is 0. The lowest BCUT2D eigenvalue weighted by molar-refractivity contribution is 0.322. The number of hydrogen-bond acceptors (Lipinski definition) is 4. The zero-order valence-corrected chi connectivity index (χ0v) is 10.2. The van der Waals surface area contributed by atoms with Crippen LogP contribution in [0, 0.1) is 0 Å². The van der Waals surface area contributed by atoms with Gasteiger partial charge in [0.05, 0.1) is 12.6 Å². The Kier molecular flexibility index (Phi) is 2.90. The van der Waals surface area contributed by atoms with E-state index in [1.54, 1.807) is 7.11 Å². The Labute approximate surface area is 100 Å². The van der Waals surface area contributed by atoms with E-state index >= 15 is 0 Å². The van der Waals surface area contributed by atoms with Gasteiger partial charge in [-0.05, 0) is 38.1 Å². The molecule has 0 aliphatic rings. The molecule has 2 rings (SSSR count). The van der Waals surface area contributed by atoms with Crippen molar-refractivity contribution in [1.82, 2.24) is 5.16 Å². The lowest BCUT2D eigenvalue weighted by atomic mass is 10.0. The Morgan fingerprint density at radius 2 is 1.88 bits per heavy atom. The van der Waals surface area contributed by atoms with Crippen molar-refractivity contribution in [1.29, 1.82) is 0 Å². The highest BCUT2D eigenvalue weighted by molar-refractivity contribution is 5.60. The summed E-state index contributed by atoms with van der Waals surface area (Å²) in [5.41, 5.74) is 7.18. The first kappa shape index (κ1) is 11.7. The number of aromatic nitrogens is 1. The Bertz CT molecular complexity index is 495. The number of ether oxygens (including phenoxy) is 1. The average molecular weight is 232 g/mol. The van der Waals surface area contributed by atoms with Gasteiger partial charge in [0.15, 0.2) is 5.76 Å². The second-order valence-corrected chi connectivity index (χ2v) is 4.53. The van der Waals surface area contributed by atoms with E-state index < -0.39 is 5.54 Å². The van der Waals surface area contributed by atoms with Crippen molar-refractivity contribution >= 4 is 0 Å². The standard InChI is InChI=1S/C13H16N2O2/c1-13(2,14)12-8-11(15-17-12)9-4-6-10(16-3)7-5-9/h4-8H,14H2,1-3H3. The smallest absolute Gasteiger partial charge is 0.156 e. The fourth-order valence-electron chi connectivity index (χ4n) is 1.48. The van der Waals surface area contributed by atoms with Gasteiger partial charge >= 0.3 is 0 Å². The van der Waals surface area contributed by atoms with E-state index in [4.69, 9.17) is 15.0 Å². The molecule has 0 aliphatic heterocycles. The lowest BCUT2D eigenvalue weighted by Gasteiger charge is -2.12. The minimum atomic E-state index is -0.516. The van der Waals surface area contributed by atoms with Gasteiger partial charge in [0, 0.05) is 11.6 Å². The van der Waals surface area contributed by atoms with Crippen molar-refractivity contribution in [3.05, 3.63) is 36.1 Å². The van der Waals surface area contributed by atoms with E-state index in [1.165, 1.54) is 0 Å². The molecule has 1 aromatic heterocycles. The number of nitrogens with two attached hydrogens (primary N) is 1. The van der Waals surface area contributed by atoms with Gasteiger partial charge in [-0.25, -0.2) is 0 Å². The van der Waals surface area contributed by atoms with Crippen LogP contribution in [0.3, 0.4) is 0 Å². The zero-order valence-electron chi connectivity index (χ0n) is 10.2. The van der Waals surface area contributed by atoms with E-state index in [1.807, 2.05) is 44.2 Å². The maximum atomic E-state index is 5.94. The van der Waals surface area contributed by atoms with Crippen LogP contribution in [0.1, 0.15) is 19.6 Å². The molecular weight excluding hydrogens is 216 g/mol. The third kappa shape index (κ3) is 2.47. The lowest BCUT2D eigenvalue weighted by Crippen LogP contribution is -2.27. The summed E-state index contributed by atoms with van der Waals surface area (Å²) in [4.78, 5) is 0. The van der Waals surface area contributed by atoms with Gasteiger partial charge in [0.1, 0.15) is 11.4 Å². The molecule has 0 unspecified atom stereocenters. The summed E-state index contributed by atoms with van der Waals surface area (Å²) in [6.45, 7) is 3.76. The van der Waals surface area contributed by atoms with Crippen molar-refractivity contribution in [2.75, 3.05) is 7.11 Å². The molecule has 0 bridgehead atoms. The summed E-state index contributed by atoms with van der Waals surface area (Å²) in [6.07, 6.45) is 0. The van der Waals surface area contributed by atoms with Gasteiger partial charge in [-0.3, -0.25) is 0 Å². The molecule has 17 heavy (non-hydrogen) atoms. The fraction of sp³-hybridized carbons (Fsp3) is 0.308. The highest BCUT2D eigenvalue weighted by Crippen LogP contribution is 2.25. The van der Waals surface area contributed by atoms with E-state index in [2.05, 4.69) is 5.16 Å². The second kappa shape index (κ2) is 4.22. The fourth-order valence-corrected chi connectivity index (χ4v) is 1.48. The number of methoxy groups -OCH3 is 1. The second-order valence-electron chi connectivity index (χ2n) is 4.53. The Balaban J connectivity index is 2.30. The van der Waals surface area contributed by atoms with E-state index in [0.29, 0.717) is 5.76 Å². The van der Waals surface area contributed by atoms with Crippen LogP contribution in [-0.2, 0) is 5.54 Å². The quantitative estimate of drug-likeness (QED) is 0.883. The van der Waals surface area contributed by atoms with Crippen molar-refractivity contribution in [2.45, 2.75) is 19.4 Å². The van der Waals surface area contributed by atoms with Gasteiger partial charge < -0.3 is 15.0 Å². The van der Waals surface area contributed by atoms with Crippen LogP contribution < -0.4 is 10.5 Å². The summed E-state index contributed by atoms with van der Waals surface area (Å²) in [5, 5.41) is 4.01. The highest BCUT2D eigenvalue weighted by Gasteiger charge is 2.20. The van der Waals surface area contributed by atoms with Gasteiger partial charge in [-0.15, -0.1) is 0 Å². The van der Waals surface area contributed by atoms with Crippen LogP contribution in [0.25, 0.3) is 11.3 Å². The third-order valence-corrected chi connectivity index (χ3v) is 2.53. The largest absolute Gasteiger partial charge is 0.497 e.